The first-order valence-electron chi connectivity index (χ1n) is 9.91. The van der Waals surface area contributed by atoms with Gasteiger partial charge >= 0.3 is 0 Å². The molecule has 0 aromatic heterocycles. The predicted octanol–water partition coefficient (Wildman–Crippen LogP) is 3.54. The maximum Gasteiger partial charge on any atom is 0.296 e. The molecule has 0 saturated carbocycles. The summed E-state index contributed by atoms with van der Waals surface area (Å²) in [6, 6.07) is 8.96. The topological polar surface area (TPSA) is 115 Å². The SMILES string of the molecule is CN(C)c1ccc(C(=C2C=CC(=[N+](C)C)C=C2)c2cc(S(=O)(=O)O)cc(S(=O)(=O)O)c2Cl)cc1. The van der Waals surface area contributed by atoms with Crippen LogP contribution in [-0.4, -0.2) is 64.4 Å². The Bertz CT molecular complexity index is 1460. The molecule has 11 heteroatoms. The molecule has 2 N–H and O–H groups in total. The summed E-state index contributed by atoms with van der Waals surface area (Å²) < 4.78 is 69.1. The van der Waals surface area contributed by atoms with Crippen molar-refractivity contribution >= 4 is 48.8 Å². The van der Waals surface area contributed by atoms with Gasteiger partial charge in [-0.05, 0) is 53.1 Å². The molecular weight excluding hydrogens is 500 g/mol. The number of hydrogen-bond donors (Lipinski definition) is 2. The molecule has 2 aromatic rings. The zero-order chi connectivity index (χ0) is 25.4. The smallest absolute Gasteiger partial charge is 0.296 e. The van der Waals surface area contributed by atoms with Crippen LogP contribution in [0.15, 0.2) is 76.1 Å². The highest BCUT2D eigenvalue weighted by Gasteiger charge is 2.26. The van der Waals surface area contributed by atoms with Crippen molar-refractivity contribution in [1.29, 1.82) is 0 Å². The fraction of sp³-hybridized carbons (Fsp3) is 0.174. The van der Waals surface area contributed by atoms with Crippen LogP contribution in [0.3, 0.4) is 0 Å². The average molecular weight is 524 g/mol. The molecule has 0 aliphatic heterocycles. The summed E-state index contributed by atoms with van der Waals surface area (Å²) in [6.45, 7) is 0. The van der Waals surface area contributed by atoms with E-state index in [9.17, 15) is 25.9 Å². The van der Waals surface area contributed by atoms with Crippen LogP contribution >= 0.6 is 11.6 Å². The van der Waals surface area contributed by atoms with Crippen LogP contribution < -0.4 is 4.90 Å². The lowest BCUT2D eigenvalue weighted by Crippen LogP contribution is -2.11. The van der Waals surface area contributed by atoms with E-state index in [0.717, 1.165) is 17.5 Å². The Hall–Kier alpha value is -2.76. The summed E-state index contributed by atoms with van der Waals surface area (Å²) in [5.74, 6) is 0. The molecule has 0 radical (unpaired) electrons. The van der Waals surface area contributed by atoms with Gasteiger partial charge in [-0.15, -0.1) is 0 Å². The third-order valence-electron chi connectivity index (χ3n) is 5.20. The van der Waals surface area contributed by atoms with Gasteiger partial charge in [0.05, 0.1) is 9.92 Å². The molecule has 1 aliphatic carbocycles. The standard InChI is InChI=1S/C23H23ClN2O6S2/c1-25(2)17-9-5-15(6-10-17)22(16-7-11-18(12-8-16)26(3)4)20-13-19(33(27,28)29)14-21(23(20)24)34(30,31)32/h5-14H,1-4H3,(H-,27,28,29,30,31,32)/p+1. The van der Waals surface area contributed by atoms with Crippen LogP contribution in [0.5, 0.6) is 0 Å². The quantitative estimate of drug-likeness (QED) is 0.455. The number of halogens is 1. The minimum absolute atomic E-state index is 0.0135. The van der Waals surface area contributed by atoms with Gasteiger partial charge in [0.2, 0.25) is 0 Å². The highest BCUT2D eigenvalue weighted by atomic mass is 35.5. The highest BCUT2D eigenvalue weighted by Crippen LogP contribution is 2.39. The van der Waals surface area contributed by atoms with Gasteiger partial charge in [-0.3, -0.25) is 9.11 Å². The van der Waals surface area contributed by atoms with Gasteiger partial charge in [-0.25, -0.2) is 4.58 Å². The largest absolute Gasteiger partial charge is 0.378 e. The Labute approximate surface area is 204 Å². The van der Waals surface area contributed by atoms with Crippen LogP contribution in [0.4, 0.5) is 5.69 Å². The number of nitrogens with zero attached hydrogens (tertiary/aromatic N) is 2. The first kappa shape index (κ1) is 25.9. The van der Waals surface area contributed by atoms with Crippen molar-refractivity contribution in [2.24, 2.45) is 0 Å². The van der Waals surface area contributed by atoms with E-state index in [1.54, 1.807) is 24.3 Å². The molecule has 0 bridgehead atoms. The summed E-state index contributed by atoms with van der Waals surface area (Å²) in [6.07, 6.45) is 7.25. The summed E-state index contributed by atoms with van der Waals surface area (Å²) in [4.78, 5) is 0.357. The van der Waals surface area contributed by atoms with E-state index in [1.165, 1.54) is 0 Å². The maximum atomic E-state index is 12.0. The third-order valence-corrected chi connectivity index (χ3v) is 7.43. The molecular formula is C23H24ClN2O6S2+. The molecule has 0 heterocycles. The van der Waals surface area contributed by atoms with Crippen molar-refractivity contribution in [3.63, 3.8) is 0 Å². The van der Waals surface area contributed by atoms with Gasteiger partial charge in [0, 0.05) is 37.5 Å². The van der Waals surface area contributed by atoms with Gasteiger partial charge in [0.1, 0.15) is 19.0 Å². The van der Waals surface area contributed by atoms with E-state index in [4.69, 9.17) is 11.6 Å². The molecule has 0 fully saturated rings. The summed E-state index contributed by atoms with van der Waals surface area (Å²) >= 11 is 6.42. The second-order valence-corrected chi connectivity index (χ2v) is 11.2. The van der Waals surface area contributed by atoms with Gasteiger partial charge in [-0.2, -0.15) is 16.8 Å². The van der Waals surface area contributed by atoms with Crippen molar-refractivity contribution in [3.05, 3.63) is 82.4 Å². The van der Waals surface area contributed by atoms with E-state index < -0.39 is 30.0 Å². The van der Waals surface area contributed by atoms with Crippen LogP contribution in [0.2, 0.25) is 5.02 Å². The highest BCUT2D eigenvalue weighted by molar-refractivity contribution is 7.86. The fourth-order valence-corrected chi connectivity index (χ4v) is 5.14. The van der Waals surface area contributed by atoms with Gasteiger partial charge in [-0.1, -0.05) is 23.7 Å². The number of allylic oxidation sites excluding steroid dienone is 5. The van der Waals surface area contributed by atoms with Gasteiger partial charge < -0.3 is 4.90 Å². The zero-order valence-electron chi connectivity index (χ0n) is 18.9. The minimum Gasteiger partial charge on any atom is -0.378 e. The molecule has 0 atom stereocenters. The molecule has 34 heavy (non-hydrogen) atoms. The molecule has 1 aliphatic rings. The summed E-state index contributed by atoms with van der Waals surface area (Å²) in [7, 11) is -2.21. The van der Waals surface area contributed by atoms with Crippen LogP contribution in [0.25, 0.3) is 5.57 Å². The molecule has 8 nitrogen and oxygen atoms in total. The van der Waals surface area contributed by atoms with E-state index in [0.29, 0.717) is 22.8 Å². The average Bonchev–Trinajstić information content (AvgIpc) is 2.74. The Balaban J connectivity index is 2.43. The second-order valence-electron chi connectivity index (χ2n) is 7.99. The van der Waals surface area contributed by atoms with E-state index in [1.807, 2.05) is 62.0 Å². The van der Waals surface area contributed by atoms with Crippen molar-refractivity contribution < 1.29 is 30.5 Å². The lowest BCUT2D eigenvalue weighted by molar-refractivity contribution is -0.462. The van der Waals surface area contributed by atoms with Crippen LogP contribution in [-0.2, 0) is 20.2 Å². The normalized spacial score (nSPS) is 13.9. The molecule has 2 aromatic carbocycles. The Kier molecular flexibility index (Phi) is 7.20. The molecule has 0 saturated heterocycles. The van der Waals surface area contributed by atoms with Crippen molar-refractivity contribution in [1.82, 2.24) is 0 Å². The lowest BCUT2D eigenvalue weighted by Gasteiger charge is -2.19. The molecule has 0 spiro atoms. The minimum atomic E-state index is -4.91. The van der Waals surface area contributed by atoms with E-state index in [-0.39, 0.29) is 10.6 Å². The van der Waals surface area contributed by atoms with Gasteiger partial charge in [0.15, 0.2) is 5.71 Å². The maximum absolute atomic E-state index is 12.0. The van der Waals surface area contributed by atoms with E-state index >= 15 is 0 Å². The number of anilines is 1. The second kappa shape index (κ2) is 9.47. The Morgan fingerprint density at radius 1 is 0.882 bits per heavy atom. The predicted molar refractivity (Wildman–Crippen MR) is 133 cm³/mol. The fourth-order valence-electron chi connectivity index (χ4n) is 3.42. The molecule has 3 rings (SSSR count). The monoisotopic (exact) mass is 523 g/mol. The summed E-state index contributed by atoms with van der Waals surface area (Å²) in [5, 5.41) is -0.377. The van der Waals surface area contributed by atoms with E-state index in [2.05, 4.69) is 0 Å². The third kappa shape index (κ3) is 5.48. The molecule has 0 unspecified atom stereocenters. The molecule has 0 amide bonds. The summed E-state index contributed by atoms with van der Waals surface area (Å²) in [5.41, 5.74) is 3.46. The molecule has 180 valence electrons. The number of hydrogen-bond acceptors (Lipinski definition) is 5. The Morgan fingerprint density at radius 3 is 1.88 bits per heavy atom. The van der Waals surface area contributed by atoms with Crippen LogP contribution in [0, 0.1) is 0 Å². The zero-order valence-corrected chi connectivity index (χ0v) is 21.3. The Morgan fingerprint density at radius 2 is 1.44 bits per heavy atom. The van der Waals surface area contributed by atoms with Crippen molar-refractivity contribution in [3.8, 4) is 0 Å². The number of benzene rings is 2. The van der Waals surface area contributed by atoms with Gasteiger partial charge in [0.25, 0.3) is 20.2 Å². The first-order chi connectivity index (χ1) is 15.7. The lowest BCUT2D eigenvalue weighted by atomic mass is 9.90. The first-order valence-corrected chi connectivity index (χ1v) is 13.2. The van der Waals surface area contributed by atoms with Crippen molar-refractivity contribution in [2.45, 2.75) is 9.79 Å². The number of rotatable bonds is 5. The van der Waals surface area contributed by atoms with Crippen molar-refractivity contribution in [2.75, 3.05) is 33.1 Å². The van der Waals surface area contributed by atoms with Crippen LogP contribution in [0.1, 0.15) is 11.1 Å².